The maximum Gasteiger partial charge on any atom is 0.238 e. The summed E-state index contributed by atoms with van der Waals surface area (Å²) in [5.74, 6) is 1.40. The Kier molecular flexibility index (Phi) is 5.63. The molecule has 0 atom stereocenters. The molecular formula is C23H31N3O. The first-order valence-corrected chi connectivity index (χ1v) is 10.5. The predicted octanol–water partition coefficient (Wildman–Crippen LogP) is 5.08. The van der Waals surface area contributed by atoms with E-state index in [0.29, 0.717) is 5.92 Å². The van der Waals surface area contributed by atoms with E-state index in [0.717, 1.165) is 29.0 Å². The van der Waals surface area contributed by atoms with Crippen LogP contribution in [-0.4, -0.2) is 40.5 Å². The fourth-order valence-electron chi connectivity index (χ4n) is 4.12. The smallest absolute Gasteiger partial charge is 0.238 e. The number of piperidine rings is 1. The van der Waals surface area contributed by atoms with Crippen LogP contribution in [0.2, 0.25) is 0 Å². The molecule has 1 aromatic carbocycles. The Labute approximate surface area is 162 Å². The zero-order valence-electron chi connectivity index (χ0n) is 16.7. The molecule has 0 N–H and O–H groups in total. The topological polar surface area (TPSA) is 29.8 Å². The van der Waals surface area contributed by atoms with Crippen molar-refractivity contribution >= 4 is 16.6 Å². The number of aromatic nitrogens is 2. The summed E-state index contributed by atoms with van der Waals surface area (Å²) in [4.78, 5) is 7.45. The average molecular weight is 366 g/mol. The first-order chi connectivity index (χ1) is 13.2. The fourth-order valence-corrected chi connectivity index (χ4v) is 4.12. The van der Waals surface area contributed by atoms with Gasteiger partial charge in [-0.2, -0.15) is 0 Å². The Balaban J connectivity index is 1.41. The van der Waals surface area contributed by atoms with E-state index in [1.807, 2.05) is 0 Å². The van der Waals surface area contributed by atoms with Crippen molar-refractivity contribution in [3.05, 3.63) is 42.1 Å². The summed E-state index contributed by atoms with van der Waals surface area (Å²) in [7, 11) is 0. The highest BCUT2D eigenvalue weighted by Crippen LogP contribution is 2.26. The first kappa shape index (κ1) is 18.3. The number of unbranched alkanes of at least 4 members (excludes halogenated alkanes) is 2. The van der Waals surface area contributed by atoms with Gasteiger partial charge < -0.3 is 14.0 Å². The summed E-state index contributed by atoms with van der Waals surface area (Å²) in [6, 6.07) is 10.6. The number of fused-ring (bicyclic) bond motifs is 3. The maximum absolute atomic E-state index is 6.25. The quantitative estimate of drug-likeness (QED) is 0.547. The van der Waals surface area contributed by atoms with Gasteiger partial charge in [-0.1, -0.05) is 25.8 Å². The predicted molar refractivity (Wildman–Crippen MR) is 112 cm³/mol. The minimum absolute atomic E-state index is 0.637. The van der Waals surface area contributed by atoms with Crippen molar-refractivity contribution < 1.29 is 4.74 Å². The van der Waals surface area contributed by atoms with Crippen LogP contribution in [0, 0.1) is 12.8 Å². The average Bonchev–Trinajstić information content (AvgIpc) is 3.17. The molecule has 0 amide bonds. The van der Waals surface area contributed by atoms with E-state index in [4.69, 9.17) is 9.72 Å². The summed E-state index contributed by atoms with van der Waals surface area (Å²) >= 11 is 0. The van der Waals surface area contributed by atoms with E-state index >= 15 is 0 Å². The Morgan fingerprint density at radius 3 is 2.78 bits per heavy atom. The van der Waals surface area contributed by atoms with Crippen LogP contribution in [0.5, 0.6) is 5.88 Å². The molecule has 1 saturated heterocycles. The standard InChI is InChI=1S/C23H31N3O/c1-3-4-5-12-25-14-10-19(11-15-25)17-27-23-22-7-6-13-26(22)21-9-8-18(2)16-20(21)24-23/h6-9,13,16,19H,3-5,10-12,14-15,17H2,1-2H3. The second-order valence-corrected chi connectivity index (χ2v) is 7.98. The van der Waals surface area contributed by atoms with Crippen LogP contribution in [0.15, 0.2) is 36.5 Å². The molecule has 0 bridgehead atoms. The van der Waals surface area contributed by atoms with Gasteiger partial charge in [0.2, 0.25) is 5.88 Å². The van der Waals surface area contributed by atoms with E-state index in [1.165, 1.54) is 57.3 Å². The number of rotatable bonds is 7. The van der Waals surface area contributed by atoms with Gasteiger partial charge in [-0.05, 0) is 81.6 Å². The Morgan fingerprint density at radius 1 is 1.11 bits per heavy atom. The summed E-state index contributed by atoms with van der Waals surface area (Å²) in [5, 5.41) is 0. The van der Waals surface area contributed by atoms with Gasteiger partial charge in [-0.25, -0.2) is 4.98 Å². The molecule has 4 rings (SSSR count). The van der Waals surface area contributed by atoms with Crippen molar-refractivity contribution in [2.24, 2.45) is 5.92 Å². The lowest BCUT2D eigenvalue weighted by Gasteiger charge is -2.31. The van der Waals surface area contributed by atoms with Gasteiger partial charge in [0.05, 0.1) is 17.6 Å². The zero-order valence-corrected chi connectivity index (χ0v) is 16.7. The summed E-state index contributed by atoms with van der Waals surface area (Å²) in [6.45, 7) is 8.83. The normalized spacial score (nSPS) is 16.4. The van der Waals surface area contributed by atoms with Gasteiger partial charge in [0.1, 0.15) is 5.52 Å². The lowest BCUT2D eigenvalue weighted by atomic mass is 9.97. The molecule has 1 fully saturated rings. The van der Waals surface area contributed by atoms with E-state index in [9.17, 15) is 0 Å². The molecule has 144 valence electrons. The minimum Gasteiger partial charge on any atom is -0.476 e. The molecule has 4 nitrogen and oxygen atoms in total. The minimum atomic E-state index is 0.637. The number of likely N-dealkylation sites (tertiary alicyclic amines) is 1. The molecule has 3 aromatic rings. The number of hydrogen-bond acceptors (Lipinski definition) is 3. The monoisotopic (exact) mass is 365 g/mol. The molecule has 0 aliphatic carbocycles. The molecule has 0 spiro atoms. The van der Waals surface area contributed by atoms with E-state index in [-0.39, 0.29) is 0 Å². The third-order valence-corrected chi connectivity index (χ3v) is 5.82. The van der Waals surface area contributed by atoms with E-state index in [1.54, 1.807) is 0 Å². The number of aryl methyl sites for hydroxylation is 1. The van der Waals surface area contributed by atoms with Crippen molar-refractivity contribution in [1.29, 1.82) is 0 Å². The Hall–Kier alpha value is -2.07. The second-order valence-electron chi connectivity index (χ2n) is 7.98. The first-order valence-electron chi connectivity index (χ1n) is 10.5. The Morgan fingerprint density at radius 2 is 1.96 bits per heavy atom. The maximum atomic E-state index is 6.25. The molecule has 0 saturated carbocycles. The van der Waals surface area contributed by atoms with Crippen LogP contribution in [0.1, 0.15) is 44.6 Å². The van der Waals surface area contributed by atoms with E-state index in [2.05, 4.69) is 59.7 Å². The SMILES string of the molecule is CCCCCN1CCC(COc2nc3cc(C)ccc3n3cccc23)CC1. The van der Waals surface area contributed by atoms with Crippen LogP contribution in [0.4, 0.5) is 0 Å². The van der Waals surface area contributed by atoms with Crippen LogP contribution in [0.3, 0.4) is 0 Å². The molecule has 1 aliphatic rings. The van der Waals surface area contributed by atoms with Gasteiger partial charge in [-0.15, -0.1) is 0 Å². The second kappa shape index (κ2) is 8.30. The van der Waals surface area contributed by atoms with Crippen molar-refractivity contribution in [2.75, 3.05) is 26.2 Å². The largest absolute Gasteiger partial charge is 0.476 e. The summed E-state index contributed by atoms with van der Waals surface area (Å²) in [5.41, 5.74) is 4.42. The third-order valence-electron chi connectivity index (χ3n) is 5.82. The molecule has 3 heterocycles. The molecule has 0 radical (unpaired) electrons. The van der Waals surface area contributed by atoms with Gasteiger partial charge >= 0.3 is 0 Å². The Bertz CT molecular complexity index is 893. The molecule has 1 aliphatic heterocycles. The lowest BCUT2D eigenvalue weighted by Crippen LogP contribution is -2.36. The summed E-state index contributed by atoms with van der Waals surface area (Å²) < 4.78 is 8.44. The molecule has 0 unspecified atom stereocenters. The number of benzene rings is 1. The molecule has 27 heavy (non-hydrogen) atoms. The third kappa shape index (κ3) is 4.11. The fraction of sp³-hybridized carbons (Fsp3) is 0.522. The van der Waals surface area contributed by atoms with Crippen LogP contribution in [-0.2, 0) is 0 Å². The number of nitrogens with zero attached hydrogens (tertiary/aromatic N) is 3. The van der Waals surface area contributed by atoms with Crippen molar-refractivity contribution in [3.8, 4) is 5.88 Å². The number of hydrogen-bond donors (Lipinski definition) is 0. The van der Waals surface area contributed by atoms with Crippen molar-refractivity contribution in [2.45, 2.75) is 46.0 Å². The van der Waals surface area contributed by atoms with Gasteiger partial charge in [0.15, 0.2) is 0 Å². The summed E-state index contributed by atoms with van der Waals surface area (Å²) in [6.07, 6.45) is 8.55. The van der Waals surface area contributed by atoms with Crippen molar-refractivity contribution in [1.82, 2.24) is 14.3 Å². The highest BCUT2D eigenvalue weighted by molar-refractivity contribution is 5.81. The van der Waals surface area contributed by atoms with Crippen LogP contribution >= 0.6 is 0 Å². The van der Waals surface area contributed by atoms with Gasteiger partial charge in [0, 0.05) is 6.20 Å². The lowest BCUT2D eigenvalue weighted by molar-refractivity contribution is 0.138. The zero-order chi connectivity index (χ0) is 18.6. The highest BCUT2D eigenvalue weighted by Gasteiger charge is 2.20. The molecular weight excluding hydrogens is 334 g/mol. The van der Waals surface area contributed by atoms with Gasteiger partial charge in [0.25, 0.3) is 0 Å². The van der Waals surface area contributed by atoms with E-state index < -0.39 is 0 Å². The molecule has 2 aromatic heterocycles. The number of ether oxygens (including phenoxy) is 1. The van der Waals surface area contributed by atoms with Crippen molar-refractivity contribution in [3.63, 3.8) is 0 Å². The van der Waals surface area contributed by atoms with Crippen LogP contribution in [0.25, 0.3) is 16.6 Å². The molecule has 4 heteroatoms. The highest BCUT2D eigenvalue weighted by atomic mass is 16.5. The van der Waals surface area contributed by atoms with Crippen LogP contribution < -0.4 is 4.74 Å². The van der Waals surface area contributed by atoms with Gasteiger partial charge in [-0.3, -0.25) is 0 Å².